The first kappa shape index (κ1) is 24.3. The summed E-state index contributed by atoms with van der Waals surface area (Å²) >= 11 is 0. The Morgan fingerprint density at radius 3 is 2.47 bits per heavy atom. The number of hydrogen-bond acceptors (Lipinski definition) is 7. The molecule has 2 rings (SSSR count). The van der Waals surface area contributed by atoms with Gasteiger partial charge in [-0.25, -0.2) is 4.79 Å². The molecule has 0 aromatic heterocycles. The van der Waals surface area contributed by atoms with Crippen LogP contribution >= 0.6 is 0 Å². The Hall–Kier alpha value is -2.01. The van der Waals surface area contributed by atoms with E-state index in [4.69, 9.17) is 19.3 Å². The third-order valence-electron chi connectivity index (χ3n) is 4.83. The number of allylic oxidation sites excluding steroid dienone is 1. The van der Waals surface area contributed by atoms with Crippen molar-refractivity contribution in [3.8, 4) is 0 Å². The summed E-state index contributed by atoms with van der Waals surface area (Å²) in [4.78, 5) is 35.9. The molecule has 2 amide bonds. The molecule has 0 aromatic carbocycles. The molecule has 30 heavy (non-hydrogen) atoms. The molecule has 2 saturated heterocycles. The van der Waals surface area contributed by atoms with Crippen LogP contribution in [-0.2, 0) is 28.6 Å². The minimum atomic E-state index is -1.25. The second kappa shape index (κ2) is 9.01. The van der Waals surface area contributed by atoms with Crippen molar-refractivity contribution >= 4 is 17.8 Å². The fourth-order valence-corrected chi connectivity index (χ4v) is 3.39. The van der Waals surface area contributed by atoms with Crippen molar-refractivity contribution in [1.82, 2.24) is 10.6 Å². The summed E-state index contributed by atoms with van der Waals surface area (Å²) in [5.41, 5.74) is -0.143. The number of aliphatic hydroxyl groups is 1. The summed E-state index contributed by atoms with van der Waals surface area (Å²) in [7, 11) is 1.29. The quantitative estimate of drug-likeness (QED) is 0.431. The van der Waals surface area contributed by atoms with E-state index in [2.05, 4.69) is 10.6 Å². The molecule has 0 saturated carbocycles. The molecule has 0 spiro atoms. The molecule has 10 nitrogen and oxygen atoms in total. The van der Waals surface area contributed by atoms with E-state index in [-0.39, 0.29) is 11.8 Å². The average molecular weight is 428 g/mol. The van der Waals surface area contributed by atoms with E-state index in [1.807, 2.05) is 26.8 Å². The second-order valence-corrected chi connectivity index (χ2v) is 9.13. The highest BCUT2D eigenvalue weighted by Crippen LogP contribution is 2.31. The van der Waals surface area contributed by atoms with Crippen LogP contribution in [0.3, 0.4) is 0 Å². The Bertz CT molecular complexity index is 699. The Morgan fingerprint density at radius 1 is 1.33 bits per heavy atom. The van der Waals surface area contributed by atoms with Crippen molar-refractivity contribution < 1.29 is 38.8 Å². The van der Waals surface area contributed by atoms with E-state index in [0.29, 0.717) is 0 Å². The van der Waals surface area contributed by atoms with E-state index >= 15 is 0 Å². The molecule has 10 heteroatoms. The Morgan fingerprint density at radius 2 is 1.97 bits per heavy atom. The molecule has 2 heterocycles. The maximum absolute atomic E-state index is 12.8. The highest BCUT2D eigenvalue weighted by atomic mass is 16.7. The minimum Gasteiger partial charge on any atom is -0.480 e. The van der Waals surface area contributed by atoms with Gasteiger partial charge in [0.1, 0.15) is 30.4 Å². The highest BCUT2D eigenvalue weighted by Gasteiger charge is 2.48. The van der Waals surface area contributed by atoms with Gasteiger partial charge in [-0.2, -0.15) is 0 Å². The number of hydrogen-bond donors (Lipinski definition) is 4. The zero-order chi connectivity index (χ0) is 22.9. The van der Waals surface area contributed by atoms with Gasteiger partial charge in [0, 0.05) is 13.5 Å². The normalized spacial score (nSPS) is 32.6. The number of carboxylic acids is 1. The fraction of sp³-hybridized carbons (Fsp3) is 0.750. The lowest BCUT2D eigenvalue weighted by atomic mass is 9.93. The first-order valence-corrected chi connectivity index (χ1v) is 9.83. The van der Waals surface area contributed by atoms with Gasteiger partial charge in [0.15, 0.2) is 11.9 Å². The van der Waals surface area contributed by atoms with Gasteiger partial charge in [-0.3, -0.25) is 9.59 Å². The van der Waals surface area contributed by atoms with Gasteiger partial charge >= 0.3 is 5.97 Å². The van der Waals surface area contributed by atoms with Crippen LogP contribution in [0.1, 0.15) is 41.0 Å². The van der Waals surface area contributed by atoms with E-state index in [1.54, 1.807) is 19.9 Å². The number of ether oxygens (including phenoxy) is 3. The van der Waals surface area contributed by atoms with Gasteiger partial charge < -0.3 is 35.1 Å². The molecule has 4 N–H and O–H groups in total. The van der Waals surface area contributed by atoms with Crippen LogP contribution in [-0.4, -0.2) is 77.4 Å². The predicted octanol–water partition coefficient (Wildman–Crippen LogP) is -0.0574. The molecule has 0 bridgehead atoms. The molecule has 2 fully saturated rings. The Balaban J connectivity index is 2.16. The first-order chi connectivity index (χ1) is 13.7. The van der Waals surface area contributed by atoms with Gasteiger partial charge in [-0.15, -0.1) is 0 Å². The van der Waals surface area contributed by atoms with Crippen LogP contribution in [0.5, 0.6) is 0 Å². The SMILES string of the molecule is CO[C@@H](C(=O)NC1CC(C(=O)O)NC1=O)[C@@H]1OC(C)(C)O[C@H](C=CC(C)(C)C)[C@H]1O. The molecular formula is C20H32N2O8. The lowest BCUT2D eigenvalue weighted by molar-refractivity contribution is -0.334. The monoisotopic (exact) mass is 428 g/mol. The van der Waals surface area contributed by atoms with Crippen molar-refractivity contribution in [3.05, 3.63) is 12.2 Å². The summed E-state index contributed by atoms with van der Waals surface area (Å²) in [5.74, 6) is -3.57. The van der Waals surface area contributed by atoms with Crippen LogP contribution in [0, 0.1) is 5.41 Å². The smallest absolute Gasteiger partial charge is 0.326 e. The molecule has 6 atom stereocenters. The summed E-state index contributed by atoms with van der Waals surface area (Å²) in [6, 6.07) is -2.09. The van der Waals surface area contributed by atoms with Crippen molar-refractivity contribution in [1.29, 1.82) is 0 Å². The van der Waals surface area contributed by atoms with E-state index in [1.165, 1.54) is 7.11 Å². The standard InChI is InChI=1S/C20H32N2O8/c1-19(2,3)8-7-12-13(23)14(30-20(4,5)29-12)15(28-6)17(25)21-10-9-11(18(26)27)22-16(10)24/h7-8,10-15,23H,9H2,1-6H3,(H,21,25)(H,22,24)(H,26,27)/t10?,11?,12-,13-,14-,15-/m1/s1. The third-order valence-corrected chi connectivity index (χ3v) is 4.83. The number of aliphatic carboxylic acids is 1. The third kappa shape index (κ3) is 6.00. The van der Waals surface area contributed by atoms with Crippen molar-refractivity contribution in [2.24, 2.45) is 5.41 Å². The Kier molecular flexibility index (Phi) is 7.28. The molecular weight excluding hydrogens is 396 g/mol. The van der Waals surface area contributed by atoms with Crippen molar-refractivity contribution in [2.75, 3.05) is 7.11 Å². The number of carbonyl (C=O) groups excluding carboxylic acids is 2. The van der Waals surface area contributed by atoms with Crippen LogP contribution in [0.2, 0.25) is 0 Å². The summed E-state index contributed by atoms with van der Waals surface area (Å²) in [6.45, 7) is 9.33. The lowest BCUT2D eigenvalue weighted by Crippen LogP contribution is -2.61. The van der Waals surface area contributed by atoms with Gasteiger partial charge in [-0.05, 0) is 19.3 Å². The zero-order valence-electron chi connectivity index (χ0n) is 18.2. The molecule has 0 aromatic rings. The maximum Gasteiger partial charge on any atom is 0.326 e. The van der Waals surface area contributed by atoms with Crippen LogP contribution in [0.25, 0.3) is 0 Å². The number of amides is 2. The minimum absolute atomic E-state index is 0.0873. The summed E-state index contributed by atoms with van der Waals surface area (Å²) < 4.78 is 16.9. The van der Waals surface area contributed by atoms with Crippen LogP contribution < -0.4 is 10.6 Å². The van der Waals surface area contributed by atoms with Crippen LogP contribution in [0.15, 0.2) is 12.2 Å². The fourth-order valence-electron chi connectivity index (χ4n) is 3.39. The predicted molar refractivity (Wildman–Crippen MR) is 105 cm³/mol. The summed E-state index contributed by atoms with van der Waals surface area (Å²) in [5, 5.41) is 24.7. The molecule has 2 aliphatic rings. The number of carboxylic acid groups (broad SMARTS) is 1. The van der Waals surface area contributed by atoms with Gasteiger partial charge in [0.2, 0.25) is 5.91 Å². The first-order valence-electron chi connectivity index (χ1n) is 9.83. The molecule has 170 valence electrons. The van der Waals surface area contributed by atoms with Crippen LogP contribution in [0.4, 0.5) is 0 Å². The maximum atomic E-state index is 12.8. The molecule has 2 aliphatic heterocycles. The molecule has 2 unspecified atom stereocenters. The van der Waals surface area contributed by atoms with E-state index in [9.17, 15) is 19.5 Å². The zero-order valence-corrected chi connectivity index (χ0v) is 18.2. The lowest BCUT2D eigenvalue weighted by Gasteiger charge is -2.45. The number of nitrogens with one attached hydrogen (secondary N) is 2. The Labute approximate surface area is 175 Å². The number of methoxy groups -OCH3 is 1. The van der Waals surface area contributed by atoms with Gasteiger partial charge in [0.25, 0.3) is 5.91 Å². The number of rotatable bonds is 6. The second-order valence-electron chi connectivity index (χ2n) is 9.13. The molecule has 0 aliphatic carbocycles. The molecule has 0 radical (unpaired) electrons. The van der Waals surface area contributed by atoms with Gasteiger partial charge in [-0.1, -0.05) is 32.9 Å². The number of aliphatic hydroxyl groups excluding tert-OH is 1. The topological polar surface area (TPSA) is 143 Å². The average Bonchev–Trinajstić information content (AvgIpc) is 2.97. The van der Waals surface area contributed by atoms with Gasteiger partial charge in [0.05, 0.1) is 0 Å². The van der Waals surface area contributed by atoms with E-state index < -0.39 is 60.1 Å². The largest absolute Gasteiger partial charge is 0.480 e. The van der Waals surface area contributed by atoms with Crippen molar-refractivity contribution in [3.63, 3.8) is 0 Å². The number of carbonyl (C=O) groups is 3. The summed E-state index contributed by atoms with van der Waals surface area (Å²) in [6.07, 6.45) is -0.731. The highest BCUT2D eigenvalue weighted by molar-refractivity contribution is 5.94. The van der Waals surface area contributed by atoms with Crippen molar-refractivity contribution in [2.45, 2.75) is 83.3 Å². The van der Waals surface area contributed by atoms with E-state index in [0.717, 1.165) is 0 Å².